The molecule has 0 fully saturated rings. The van der Waals surface area contributed by atoms with Crippen LogP contribution >= 0.6 is 0 Å². The Bertz CT molecular complexity index is 654. The summed E-state index contributed by atoms with van der Waals surface area (Å²) >= 11 is 0. The van der Waals surface area contributed by atoms with Gasteiger partial charge < -0.3 is 20.1 Å². The standard InChI is InChI=1S/C18H21N3O3/c1-3-10-20-18(22)14-4-9-17(21-13-14)19-11-12-24-16-7-5-15(23-2)6-8-16/h3-9,13H,1,10-12H2,2H3,(H,19,21)(H,20,22). The highest BCUT2D eigenvalue weighted by Crippen LogP contribution is 2.16. The van der Waals surface area contributed by atoms with Gasteiger partial charge in [0, 0.05) is 12.7 Å². The van der Waals surface area contributed by atoms with Gasteiger partial charge in [-0.2, -0.15) is 0 Å². The van der Waals surface area contributed by atoms with Gasteiger partial charge in [0.1, 0.15) is 23.9 Å². The lowest BCUT2D eigenvalue weighted by molar-refractivity contribution is 0.0957. The Balaban J connectivity index is 1.73. The third-order valence-corrected chi connectivity index (χ3v) is 3.17. The smallest absolute Gasteiger partial charge is 0.253 e. The van der Waals surface area contributed by atoms with Crippen LogP contribution in [0, 0.1) is 0 Å². The van der Waals surface area contributed by atoms with E-state index >= 15 is 0 Å². The van der Waals surface area contributed by atoms with Crippen molar-refractivity contribution < 1.29 is 14.3 Å². The number of benzene rings is 1. The molecule has 2 N–H and O–H groups in total. The van der Waals surface area contributed by atoms with Crippen LogP contribution < -0.4 is 20.1 Å². The van der Waals surface area contributed by atoms with Gasteiger partial charge in [-0.3, -0.25) is 4.79 Å². The Morgan fingerprint density at radius 2 is 1.96 bits per heavy atom. The quantitative estimate of drug-likeness (QED) is 0.547. The molecule has 0 bridgehead atoms. The van der Waals surface area contributed by atoms with Crippen LogP contribution in [-0.4, -0.2) is 37.7 Å². The molecule has 0 aliphatic carbocycles. The molecule has 2 rings (SSSR count). The van der Waals surface area contributed by atoms with Crippen LogP contribution in [0.1, 0.15) is 10.4 Å². The number of aromatic nitrogens is 1. The Morgan fingerprint density at radius 3 is 2.58 bits per heavy atom. The number of hydrogen-bond acceptors (Lipinski definition) is 5. The molecule has 2 aromatic rings. The van der Waals surface area contributed by atoms with Gasteiger partial charge in [-0.15, -0.1) is 6.58 Å². The minimum atomic E-state index is -0.170. The molecule has 0 aliphatic heterocycles. The van der Waals surface area contributed by atoms with E-state index in [-0.39, 0.29) is 5.91 Å². The van der Waals surface area contributed by atoms with Crippen molar-refractivity contribution in [3.05, 3.63) is 60.8 Å². The first-order valence-corrected chi connectivity index (χ1v) is 7.59. The maximum absolute atomic E-state index is 11.7. The average Bonchev–Trinajstić information content (AvgIpc) is 2.64. The number of pyridine rings is 1. The number of hydrogen-bond donors (Lipinski definition) is 2. The summed E-state index contributed by atoms with van der Waals surface area (Å²) in [6, 6.07) is 10.9. The topological polar surface area (TPSA) is 72.5 Å². The van der Waals surface area contributed by atoms with Gasteiger partial charge in [-0.25, -0.2) is 4.98 Å². The van der Waals surface area contributed by atoms with Crippen LogP contribution in [0.25, 0.3) is 0 Å². The fraction of sp³-hybridized carbons (Fsp3) is 0.222. The molecule has 1 aromatic carbocycles. The zero-order valence-electron chi connectivity index (χ0n) is 13.6. The van der Waals surface area contributed by atoms with E-state index < -0.39 is 0 Å². The maximum atomic E-state index is 11.7. The van der Waals surface area contributed by atoms with Crippen molar-refractivity contribution in [1.82, 2.24) is 10.3 Å². The van der Waals surface area contributed by atoms with E-state index in [1.54, 1.807) is 25.3 Å². The number of nitrogens with zero attached hydrogens (tertiary/aromatic N) is 1. The lowest BCUT2D eigenvalue weighted by Gasteiger charge is -2.09. The molecule has 1 aromatic heterocycles. The van der Waals surface area contributed by atoms with Crippen molar-refractivity contribution in [1.29, 1.82) is 0 Å². The van der Waals surface area contributed by atoms with E-state index in [0.717, 1.165) is 11.5 Å². The zero-order valence-corrected chi connectivity index (χ0v) is 13.6. The number of carbonyl (C=O) groups is 1. The second kappa shape index (κ2) is 9.19. The summed E-state index contributed by atoms with van der Waals surface area (Å²) in [5.74, 6) is 2.09. The summed E-state index contributed by atoms with van der Waals surface area (Å²) in [7, 11) is 1.63. The molecular formula is C18H21N3O3. The van der Waals surface area contributed by atoms with Crippen LogP contribution in [0.5, 0.6) is 11.5 Å². The minimum Gasteiger partial charge on any atom is -0.497 e. The van der Waals surface area contributed by atoms with E-state index in [2.05, 4.69) is 22.2 Å². The fourth-order valence-electron chi connectivity index (χ4n) is 1.92. The Morgan fingerprint density at radius 1 is 1.21 bits per heavy atom. The first-order chi connectivity index (χ1) is 11.7. The monoisotopic (exact) mass is 327 g/mol. The Hall–Kier alpha value is -3.02. The molecule has 24 heavy (non-hydrogen) atoms. The van der Waals surface area contributed by atoms with Crippen molar-refractivity contribution in [2.75, 3.05) is 32.1 Å². The predicted molar refractivity (Wildman–Crippen MR) is 93.7 cm³/mol. The summed E-state index contributed by atoms with van der Waals surface area (Å²) in [5, 5.41) is 5.84. The predicted octanol–water partition coefficient (Wildman–Crippen LogP) is 2.50. The molecule has 1 heterocycles. The third-order valence-electron chi connectivity index (χ3n) is 3.17. The Labute approximate surface area is 141 Å². The fourth-order valence-corrected chi connectivity index (χ4v) is 1.92. The molecule has 0 saturated heterocycles. The molecule has 0 atom stereocenters. The highest BCUT2D eigenvalue weighted by atomic mass is 16.5. The highest BCUT2D eigenvalue weighted by Gasteiger charge is 2.04. The average molecular weight is 327 g/mol. The minimum absolute atomic E-state index is 0.170. The summed E-state index contributed by atoms with van der Waals surface area (Å²) in [6.45, 7) is 5.08. The molecule has 6 heteroatoms. The van der Waals surface area contributed by atoms with Gasteiger partial charge in [0.2, 0.25) is 0 Å². The van der Waals surface area contributed by atoms with Crippen molar-refractivity contribution >= 4 is 11.7 Å². The van der Waals surface area contributed by atoms with Crippen LogP contribution in [0.3, 0.4) is 0 Å². The number of methoxy groups -OCH3 is 1. The van der Waals surface area contributed by atoms with Crippen molar-refractivity contribution in [2.45, 2.75) is 0 Å². The first kappa shape index (κ1) is 17.3. The second-order valence-corrected chi connectivity index (χ2v) is 4.88. The largest absolute Gasteiger partial charge is 0.497 e. The normalized spacial score (nSPS) is 9.88. The second-order valence-electron chi connectivity index (χ2n) is 4.88. The highest BCUT2D eigenvalue weighted by molar-refractivity contribution is 5.94. The summed E-state index contributed by atoms with van der Waals surface area (Å²) in [4.78, 5) is 15.9. The molecule has 0 aliphatic rings. The molecule has 0 radical (unpaired) electrons. The zero-order chi connectivity index (χ0) is 17.2. The van der Waals surface area contributed by atoms with Crippen LogP contribution in [-0.2, 0) is 0 Å². The summed E-state index contributed by atoms with van der Waals surface area (Å²) < 4.78 is 10.7. The van der Waals surface area contributed by atoms with Crippen molar-refractivity contribution in [3.8, 4) is 11.5 Å². The molecule has 0 saturated carbocycles. The number of nitrogens with one attached hydrogen (secondary N) is 2. The first-order valence-electron chi connectivity index (χ1n) is 7.59. The molecule has 0 spiro atoms. The van der Waals surface area contributed by atoms with Gasteiger partial charge in [0.25, 0.3) is 5.91 Å². The lowest BCUT2D eigenvalue weighted by atomic mass is 10.2. The van der Waals surface area contributed by atoms with Gasteiger partial charge >= 0.3 is 0 Å². The third kappa shape index (κ3) is 5.31. The van der Waals surface area contributed by atoms with Crippen LogP contribution in [0.2, 0.25) is 0 Å². The molecule has 1 amide bonds. The van der Waals surface area contributed by atoms with Gasteiger partial charge in [0.05, 0.1) is 19.2 Å². The maximum Gasteiger partial charge on any atom is 0.253 e. The SMILES string of the molecule is C=CCNC(=O)c1ccc(NCCOc2ccc(OC)cc2)nc1. The molecular weight excluding hydrogens is 306 g/mol. The van der Waals surface area contributed by atoms with E-state index in [4.69, 9.17) is 9.47 Å². The number of ether oxygens (including phenoxy) is 2. The molecule has 6 nitrogen and oxygen atoms in total. The molecule has 126 valence electrons. The van der Waals surface area contributed by atoms with Gasteiger partial charge in [0.15, 0.2) is 0 Å². The summed E-state index contributed by atoms with van der Waals surface area (Å²) in [5.41, 5.74) is 0.511. The van der Waals surface area contributed by atoms with Gasteiger partial charge in [-0.1, -0.05) is 6.08 Å². The lowest BCUT2D eigenvalue weighted by Crippen LogP contribution is -2.23. The Kier molecular flexibility index (Phi) is 6.64. The molecule has 0 unspecified atom stereocenters. The van der Waals surface area contributed by atoms with Crippen LogP contribution in [0.15, 0.2) is 55.3 Å². The van der Waals surface area contributed by atoms with E-state index in [1.807, 2.05) is 24.3 Å². The van der Waals surface area contributed by atoms with Crippen molar-refractivity contribution in [3.63, 3.8) is 0 Å². The number of carbonyl (C=O) groups excluding carboxylic acids is 1. The number of anilines is 1. The summed E-state index contributed by atoms with van der Waals surface area (Å²) in [6.07, 6.45) is 3.16. The van der Waals surface area contributed by atoms with Crippen LogP contribution in [0.4, 0.5) is 5.82 Å². The van der Waals surface area contributed by atoms with Gasteiger partial charge in [-0.05, 0) is 36.4 Å². The van der Waals surface area contributed by atoms with E-state index in [0.29, 0.717) is 31.1 Å². The number of amides is 1. The number of rotatable bonds is 9. The van der Waals surface area contributed by atoms with E-state index in [9.17, 15) is 4.79 Å². The van der Waals surface area contributed by atoms with Crippen molar-refractivity contribution in [2.24, 2.45) is 0 Å². The van der Waals surface area contributed by atoms with E-state index in [1.165, 1.54) is 6.20 Å².